The van der Waals surface area contributed by atoms with Gasteiger partial charge in [0.05, 0.1) is 12.2 Å². The minimum Gasteiger partial charge on any atom is -0.482 e. The zero-order chi connectivity index (χ0) is 17.1. The molecule has 1 heterocycles. The van der Waals surface area contributed by atoms with Gasteiger partial charge in [-0.25, -0.2) is 0 Å². The van der Waals surface area contributed by atoms with Gasteiger partial charge in [0, 0.05) is 17.0 Å². The summed E-state index contributed by atoms with van der Waals surface area (Å²) in [5.74, 6) is 0.522. The first-order valence-corrected chi connectivity index (χ1v) is 8.31. The molecule has 0 N–H and O–H groups in total. The van der Waals surface area contributed by atoms with Gasteiger partial charge in [0.2, 0.25) is 0 Å². The minimum atomic E-state index is -0.150. The molecule has 1 amide bonds. The summed E-state index contributed by atoms with van der Waals surface area (Å²) in [5.41, 5.74) is 2.07. The highest BCUT2D eigenvalue weighted by atomic mass is 35.5. The minimum absolute atomic E-state index is 0.0142. The van der Waals surface area contributed by atoms with E-state index < -0.39 is 0 Å². The smallest absolute Gasteiger partial charge is 0.265 e. The summed E-state index contributed by atoms with van der Waals surface area (Å²) in [4.78, 5) is 26.1. The number of ether oxygens (including phenoxy) is 1. The zero-order valence-corrected chi connectivity index (χ0v) is 14.2. The fraction of sp³-hybridized carbons (Fsp3) is 0.263. The van der Waals surface area contributed by atoms with Crippen LogP contribution < -0.4 is 9.64 Å². The van der Waals surface area contributed by atoms with Gasteiger partial charge in [-0.1, -0.05) is 36.7 Å². The molecule has 0 atom stereocenters. The van der Waals surface area contributed by atoms with Crippen LogP contribution in [0.2, 0.25) is 5.02 Å². The fourth-order valence-corrected chi connectivity index (χ4v) is 2.91. The number of hydrogen-bond acceptors (Lipinski definition) is 3. The second kappa shape index (κ2) is 7.05. The monoisotopic (exact) mass is 343 g/mol. The third-order valence-electron chi connectivity index (χ3n) is 3.99. The Morgan fingerprint density at radius 3 is 2.79 bits per heavy atom. The number of nitrogens with zero attached hydrogens (tertiary/aromatic N) is 1. The van der Waals surface area contributed by atoms with Crippen LogP contribution in [0.1, 0.15) is 35.7 Å². The SMILES string of the molecule is CCCC(=O)c1ccc2c(c1)N(Cc1ccccc1Cl)C(=O)CO2. The molecule has 0 spiro atoms. The van der Waals surface area contributed by atoms with Gasteiger partial charge in [0.1, 0.15) is 5.75 Å². The van der Waals surface area contributed by atoms with E-state index in [0.29, 0.717) is 35.0 Å². The maximum atomic E-state index is 12.4. The van der Waals surface area contributed by atoms with Crippen molar-refractivity contribution in [2.75, 3.05) is 11.5 Å². The number of carbonyl (C=O) groups is 2. The van der Waals surface area contributed by atoms with E-state index in [-0.39, 0.29) is 18.3 Å². The molecule has 124 valence electrons. The third-order valence-corrected chi connectivity index (χ3v) is 4.36. The van der Waals surface area contributed by atoms with Crippen molar-refractivity contribution in [3.63, 3.8) is 0 Å². The van der Waals surface area contributed by atoms with Crippen molar-refractivity contribution in [2.24, 2.45) is 0 Å². The average Bonchev–Trinajstić information content (AvgIpc) is 2.59. The quantitative estimate of drug-likeness (QED) is 0.762. The second-order valence-corrected chi connectivity index (χ2v) is 6.12. The number of anilines is 1. The average molecular weight is 344 g/mol. The molecule has 0 saturated carbocycles. The van der Waals surface area contributed by atoms with Crippen molar-refractivity contribution in [1.29, 1.82) is 0 Å². The van der Waals surface area contributed by atoms with Crippen LogP contribution in [-0.4, -0.2) is 18.3 Å². The molecular formula is C19H18ClNO3. The molecule has 0 saturated heterocycles. The molecule has 1 aliphatic heterocycles. The van der Waals surface area contributed by atoms with E-state index >= 15 is 0 Å². The summed E-state index contributed by atoms with van der Waals surface area (Å²) in [7, 11) is 0. The number of ketones is 1. The summed E-state index contributed by atoms with van der Waals surface area (Å²) in [5, 5.41) is 0.608. The molecule has 2 aromatic rings. The maximum Gasteiger partial charge on any atom is 0.265 e. The van der Waals surface area contributed by atoms with Crippen molar-refractivity contribution in [3.8, 4) is 5.75 Å². The lowest BCUT2D eigenvalue weighted by molar-refractivity contribution is -0.121. The van der Waals surface area contributed by atoms with Gasteiger partial charge >= 0.3 is 0 Å². The Bertz CT molecular complexity index is 788. The Hall–Kier alpha value is -2.33. The lowest BCUT2D eigenvalue weighted by Crippen LogP contribution is -2.38. The van der Waals surface area contributed by atoms with Crippen molar-refractivity contribution in [2.45, 2.75) is 26.3 Å². The first-order valence-electron chi connectivity index (χ1n) is 7.94. The molecule has 0 radical (unpaired) electrons. The molecule has 0 aliphatic carbocycles. The summed E-state index contributed by atoms with van der Waals surface area (Å²) in [6, 6.07) is 12.7. The number of Topliss-reactive ketones (excluding diaryl/α,β-unsaturated/α-hetero) is 1. The molecule has 1 aliphatic rings. The Morgan fingerprint density at radius 1 is 1.25 bits per heavy atom. The first-order chi connectivity index (χ1) is 11.6. The van der Waals surface area contributed by atoms with Crippen LogP contribution in [-0.2, 0) is 11.3 Å². The fourth-order valence-electron chi connectivity index (χ4n) is 2.72. The lowest BCUT2D eigenvalue weighted by atomic mass is 10.0. The molecule has 24 heavy (non-hydrogen) atoms. The van der Waals surface area contributed by atoms with Crippen molar-refractivity contribution < 1.29 is 14.3 Å². The van der Waals surface area contributed by atoms with Crippen molar-refractivity contribution in [3.05, 3.63) is 58.6 Å². The van der Waals surface area contributed by atoms with Gasteiger partial charge < -0.3 is 9.64 Å². The van der Waals surface area contributed by atoms with Crippen LogP contribution in [0.3, 0.4) is 0 Å². The van der Waals surface area contributed by atoms with E-state index in [0.717, 1.165) is 12.0 Å². The van der Waals surface area contributed by atoms with Gasteiger partial charge in [-0.2, -0.15) is 0 Å². The molecule has 0 fully saturated rings. The van der Waals surface area contributed by atoms with Crippen molar-refractivity contribution in [1.82, 2.24) is 0 Å². The number of fused-ring (bicyclic) bond motifs is 1. The Morgan fingerprint density at radius 2 is 2.04 bits per heavy atom. The third kappa shape index (κ3) is 3.29. The first kappa shape index (κ1) is 16.5. The van der Waals surface area contributed by atoms with Crippen LogP contribution in [0.25, 0.3) is 0 Å². The lowest BCUT2D eigenvalue weighted by Gasteiger charge is -2.30. The molecule has 0 aromatic heterocycles. The number of hydrogen-bond donors (Lipinski definition) is 0. The van der Waals surface area contributed by atoms with Gasteiger partial charge in [0.15, 0.2) is 12.4 Å². The number of amides is 1. The molecule has 5 heteroatoms. The highest BCUT2D eigenvalue weighted by Gasteiger charge is 2.27. The predicted molar refractivity (Wildman–Crippen MR) is 93.8 cm³/mol. The summed E-state index contributed by atoms with van der Waals surface area (Å²) in [6.45, 7) is 2.30. The summed E-state index contributed by atoms with van der Waals surface area (Å²) < 4.78 is 5.49. The van der Waals surface area contributed by atoms with E-state index in [1.54, 1.807) is 29.2 Å². The second-order valence-electron chi connectivity index (χ2n) is 5.72. The number of halogens is 1. The van der Waals surface area contributed by atoms with Crippen LogP contribution in [0, 0.1) is 0 Å². The highest BCUT2D eigenvalue weighted by molar-refractivity contribution is 6.31. The molecular weight excluding hydrogens is 326 g/mol. The van der Waals surface area contributed by atoms with Gasteiger partial charge in [-0.15, -0.1) is 0 Å². The van der Waals surface area contributed by atoms with E-state index in [9.17, 15) is 9.59 Å². The van der Waals surface area contributed by atoms with Gasteiger partial charge in [0.25, 0.3) is 5.91 Å². The van der Waals surface area contributed by atoms with Crippen LogP contribution >= 0.6 is 11.6 Å². The van der Waals surface area contributed by atoms with Crippen molar-refractivity contribution >= 4 is 29.0 Å². The predicted octanol–water partition coefficient (Wildman–Crippen LogP) is 4.25. The number of rotatable bonds is 5. The van der Waals surface area contributed by atoms with E-state index in [4.69, 9.17) is 16.3 Å². The van der Waals surface area contributed by atoms with Gasteiger partial charge in [-0.05, 0) is 36.2 Å². The zero-order valence-electron chi connectivity index (χ0n) is 13.4. The van der Waals surface area contributed by atoms with E-state index in [2.05, 4.69) is 0 Å². The Kier molecular flexibility index (Phi) is 4.86. The Labute approximate surface area is 146 Å². The largest absolute Gasteiger partial charge is 0.482 e. The summed E-state index contributed by atoms with van der Waals surface area (Å²) >= 11 is 6.22. The normalized spacial score (nSPS) is 13.4. The molecule has 4 nitrogen and oxygen atoms in total. The molecule has 0 unspecified atom stereocenters. The number of benzene rings is 2. The molecule has 2 aromatic carbocycles. The number of carbonyl (C=O) groups excluding carboxylic acids is 2. The topological polar surface area (TPSA) is 46.6 Å². The van der Waals surface area contributed by atoms with Gasteiger partial charge in [-0.3, -0.25) is 9.59 Å². The van der Waals surface area contributed by atoms with Crippen LogP contribution in [0.4, 0.5) is 5.69 Å². The van der Waals surface area contributed by atoms with E-state index in [1.165, 1.54) is 0 Å². The maximum absolute atomic E-state index is 12.4. The van der Waals surface area contributed by atoms with E-state index in [1.807, 2.05) is 25.1 Å². The Balaban J connectivity index is 1.96. The molecule has 3 rings (SSSR count). The highest BCUT2D eigenvalue weighted by Crippen LogP contribution is 2.35. The molecule has 0 bridgehead atoms. The van der Waals surface area contributed by atoms with Crippen LogP contribution in [0.15, 0.2) is 42.5 Å². The summed E-state index contributed by atoms with van der Waals surface area (Å²) in [6.07, 6.45) is 1.27. The standard InChI is InChI=1S/C19H18ClNO3/c1-2-5-17(22)13-8-9-18-16(10-13)21(19(23)12-24-18)11-14-6-3-4-7-15(14)20/h3-4,6-10H,2,5,11-12H2,1H3. The van der Waals surface area contributed by atoms with Crippen LogP contribution in [0.5, 0.6) is 5.75 Å².